The summed E-state index contributed by atoms with van der Waals surface area (Å²) in [7, 11) is 5.78. The van der Waals surface area contributed by atoms with Crippen LogP contribution in [0, 0.1) is 0 Å². The van der Waals surface area contributed by atoms with Crippen LogP contribution in [0.5, 0.6) is 0 Å². The van der Waals surface area contributed by atoms with Gasteiger partial charge in [0.05, 0.1) is 7.11 Å². The number of carbonyl (C=O) groups is 1. The highest BCUT2D eigenvalue weighted by Crippen LogP contribution is 2.25. The average molecular weight is 283 g/mol. The minimum Gasteiger partial charge on any atom is -0.468 e. The molecule has 20 heavy (non-hydrogen) atoms. The largest absolute Gasteiger partial charge is 0.468 e. The molecular weight excluding hydrogens is 254 g/mol. The van der Waals surface area contributed by atoms with Gasteiger partial charge in [0, 0.05) is 18.6 Å². The van der Waals surface area contributed by atoms with Gasteiger partial charge in [0.1, 0.15) is 5.54 Å². The average Bonchev–Trinajstić information content (AvgIpc) is 3.22. The van der Waals surface area contributed by atoms with Crippen molar-refractivity contribution in [3.8, 4) is 0 Å². The third kappa shape index (κ3) is 3.93. The van der Waals surface area contributed by atoms with Crippen LogP contribution in [0.2, 0.25) is 0 Å². The summed E-state index contributed by atoms with van der Waals surface area (Å²) in [6, 6.07) is 1.06. The lowest BCUT2D eigenvalue weighted by atomic mass is 9.98. The number of rotatable bonds is 6. The number of ether oxygens (including phenoxy) is 1. The quantitative estimate of drug-likeness (QED) is 0.727. The van der Waals surface area contributed by atoms with Crippen LogP contribution < -0.4 is 5.32 Å². The molecule has 1 aliphatic heterocycles. The van der Waals surface area contributed by atoms with E-state index in [2.05, 4.69) is 29.2 Å². The van der Waals surface area contributed by atoms with Crippen LogP contribution in [-0.4, -0.2) is 74.2 Å². The number of nitrogens with zero attached hydrogens (tertiary/aromatic N) is 2. The van der Waals surface area contributed by atoms with Gasteiger partial charge in [-0.25, -0.2) is 0 Å². The second kappa shape index (κ2) is 6.41. The number of methoxy groups -OCH3 is 1. The number of carbonyl (C=O) groups excluding carboxylic acids is 1. The molecule has 1 aliphatic carbocycles. The van der Waals surface area contributed by atoms with Crippen LogP contribution in [0.15, 0.2) is 0 Å². The van der Waals surface area contributed by atoms with E-state index < -0.39 is 5.54 Å². The maximum absolute atomic E-state index is 12.1. The standard InChI is InChI=1S/C15H29N3O2/c1-15(14(19)20-4,16-12-5-6-12)11-18(3)13-7-9-17(2)10-8-13/h12-13,16H,5-11H2,1-4H3. The van der Waals surface area contributed by atoms with Crippen molar-refractivity contribution < 1.29 is 9.53 Å². The molecule has 0 radical (unpaired) electrons. The van der Waals surface area contributed by atoms with E-state index in [1.54, 1.807) is 0 Å². The Bertz CT molecular complexity index is 338. The summed E-state index contributed by atoms with van der Waals surface area (Å²) in [5.74, 6) is -0.149. The fraction of sp³-hybridized carbons (Fsp3) is 0.933. The first-order chi connectivity index (χ1) is 9.44. The van der Waals surface area contributed by atoms with Crippen molar-refractivity contribution in [1.82, 2.24) is 15.1 Å². The maximum atomic E-state index is 12.1. The van der Waals surface area contributed by atoms with Crippen LogP contribution >= 0.6 is 0 Å². The van der Waals surface area contributed by atoms with Gasteiger partial charge in [0.25, 0.3) is 0 Å². The number of nitrogens with one attached hydrogen (secondary N) is 1. The third-order valence-electron chi connectivity index (χ3n) is 4.61. The predicted octanol–water partition coefficient (Wildman–Crippen LogP) is 0.696. The fourth-order valence-electron chi connectivity index (χ4n) is 3.14. The van der Waals surface area contributed by atoms with Crippen LogP contribution in [0.3, 0.4) is 0 Å². The summed E-state index contributed by atoms with van der Waals surface area (Å²) >= 11 is 0. The normalized spacial score (nSPS) is 24.6. The molecule has 1 saturated heterocycles. The van der Waals surface area contributed by atoms with Gasteiger partial charge < -0.3 is 14.5 Å². The van der Waals surface area contributed by atoms with Crippen molar-refractivity contribution in [1.29, 1.82) is 0 Å². The second-order valence-corrected chi connectivity index (χ2v) is 6.69. The Kier molecular flexibility index (Phi) is 5.04. The molecule has 0 spiro atoms. The van der Waals surface area contributed by atoms with Gasteiger partial charge in [-0.2, -0.15) is 0 Å². The molecule has 1 heterocycles. The van der Waals surface area contributed by atoms with E-state index in [4.69, 9.17) is 4.74 Å². The van der Waals surface area contributed by atoms with E-state index >= 15 is 0 Å². The molecule has 5 nitrogen and oxygen atoms in total. The van der Waals surface area contributed by atoms with Crippen LogP contribution in [0.25, 0.3) is 0 Å². The Balaban J connectivity index is 1.93. The van der Waals surface area contributed by atoms with Crippen molar-refractivity contribution in [3.05, 3.63) is 0 Å². The second-order valence-electron chi connectivity index (χ2n) is 6.69. The highest BCUT2D eigenvalue weighted by atomic mass is 16.5. The van der Waals surface area contributed by atoms with Gasteiger partial charge in [0.15, 0.2) is 0 Å². The molecule has 2 aliphatic rings. The Labute approximate surface area is 122 Å². The van der Waals surface area contributed by atoms with Crippen molar-refractivity contribution in [3.63, 3.8) is 0 Å². The van der Waals surface area contributed by atoms with E-state index in [0.717, 1.165) is 13.1 Å². The van der Waals surface area contributed by atoms with E-state index in [-0.39, 0.29) is 5.97 Å². The summed E-state index contributed by atoms with van der Waals surface area (Å²) in [5.41, 5.74) is -0.589. The molecule has 2 rings (SSSR count). The molecule has 0 aromatic heterocycles. The van der Waals surface area contributed by atoms with Crippen molar-refractivity contribution in [2.45, 2.75) is 50.2 Å². The van der Waals surface area contributed by atoms with E-state index in [0.29, 0.717) is 18.6 Å². The zero-order valence-electron chi connectivity index (χ0n) is 13.3. The molecule has 2 fully saturated rings. The summed E-state index contributed by atoms with van der Waals surface area (Å²) < 4.78 is 5.01. The lowest BCUT2D eigenvalue weighted by Crippen LogP contribution is -2.59. The number of esters is 1. The molecular formula is C15H29N3O2. The van der Waals surface area contributed by atoms with Crippen LogP contribution in [0.1, 0.15) is 32.6 Å². The van der Waals surface area contributed by atoms with E-state index in [9.17, 15) is 4.79 Å². The number of likely N-dealkylation sites (tertiary alicyclic amines) is 1. The zero-order valence-corrected chi connectivity index (χ0v) is 13.3. The number of hydrogen-bond donors (Lipinski definition) is 1. The molecule has 116 valence electrons. The Morgan fingerprint density at radius 1 is 1.35 bits per heavy atom. The molecule has 1 unspecified atom stereocenters. The Hall–Kier alpha value is -0.650. The lowest BCUT2D eigenvalue weighted by Gasteiger charge is -2.39. The first-order valence-electron chi connectivity index (χ1n) is 7.69. The number of piperidine rings is 1. The summed E-state index contributed by atoms with van der Waals surface area (Å²) in [6.45, 7) is 4.97. The molecule has 0 bridgehead atoms. The van der Waals surface area contributed by atoms with Crippen molar-refractivity contribution >= 4 is 5.97 Å². The molecule has 1 saturated carbocycles. The molecule has 5 heteroatoms. The SMILES string of the molecule is COC(=O)C(C)(CN(C)C1CCN(C)CC1)NC1CC1. The van der Waals surface area contributed by atoms with Crippen molar-refractivity contribution in [2.24, 2.45) is 0 Å². The van der Waals surface area contributed by atoms with Crippen LogP contribution in [-0.2, 0) is 9.53 Å². The molecule has 0 aromatic carbocycles. The topological polar surface area (TPSA) is 44.8 Å². The first-order valence-corrected chi connectivity index (χ1v) is 7.69. The van der Waals surface area contributed by atoms with E-state index in [1.165, 1.54) is 32.8 Å². The summed E-state index contributed by atoms with van der Waals surface area (Å²) in [4.78, 5) is 16.8. The Morgan fingerprint density at radius 2 is 1.95 bits per heavy atom. The smallest absolute Gasteiger partial charge is 0.327 e. The van der Waals surface area contributed by atoms with E-state index in [1.807, 2.05) is 6.92 Å². The summed E-state index contributed by atoms with van der Waals surface area (Å²) in [5, 5.41) is 3.47. The van der Waals surface area contributed by atoms with Gasteiger partial charge in [-0.3, -0.25) is 10.1 Å². The third-order valence-corrected chi connectivity index (χ3v) is 4.61. The van der Waals surface area contributed by atoms with Gasteiger partial charge in [-0.15, -0.1) is 0 Å². The van der Waals surface area contributed by atoms with Gasteiger partial charge in [-0.1, -0.05) is 0 Å². The minimum absolute atomic E-state index is 0.149. The highest BCUT2D eigenvalue weighted by Gasteiger charge is 2.41. The van der Waals surface area contributed by atoms with Gasteiger partial charge in [0.2, 0.25) is 0 Å². The molecule has 1 N–H and O–H groups in total. The molecule has 0 aromatic rings. The fourth-order valence-corrected chi connectivity index (χ4v) is 3.14. The number of hydrogen-bond acceptors (Lipinski definition) is 5. The lowest BCUT2D eigenvalue weighted by molar-refractivity contribution is -0.149. The predicted molar refractivity (Wildman–Crippen MR) is 79.7 cm³/mol. The first kappa shape index (κ1) is 15.7. The molecule has 1 atom stereocenters. The minimum atomic E-state index is -0.589. The van der Waals surface area contributed by atoms with Gasteiger partial charge in [-0.05, 0) is 59.8 Å². The van der Waals surface area contributed by atoms with Crippen LogP contribution in [0.4, 0.5) is 0 Å². The summed E-state index contributed by atoms with van der Waals surface area (Å²) in [6.07, 6.45) is 4.69. The monoisotopic (exact) mass is 283 g/mol. The van der Waals surface area contributed by atoms with Gasteiger partial charge >= 0.3 is 5.97 Å². The Morgan fingerprint density at radius 3 is 2.45 bits per heavy atom. The number of likely N-dealkylation sites (N-methyl/N-ethyl adjacent to an activating group) is 1. The maximum Gasteiger partial charge on any atom is 0.327 e. The zero-order chi connectivity index (χ0) is 14.8. The van der Waals surface area contributed by atoms with Crippen molar-refractivity contribution in [2.75, 3.05) is 40.8 Å². The molecule has 0 amide bonds. The highest BCUT2D eigenvalue weighted by molar-refractivity contribution is 5.80.